The molecular formula is C24H28N2O5S. The predicted molar refractivity (Wildman–Crippen MR) is 121 cm³/mol. The fourth-order valence-corrected chi connectivity index (χ4v) is 6.27. The van der Waals surface area contributed by atoms with Crippen LogP contribution in [0.25, 0.3) is 0 Å². The normalized spacial score (nSPS) is 18.8. The van der Waals surface area contributed by atoms with E-state index < -0.39 is 16.0 Å². The minimum atomic E-state index is -3.86. The van der Waals surface area contributed by atoms with Crippen LogP contribution in [0.4, 0.5) is 5.69 Å². The molecule has 32 heavy (non-hydrogen) atoms. The molecule has 1 unspecified atom stereocenters. The van der Waals surface area contributed by atoms with E-state index in [4.69, 9.17) is 4.74 Å². The number of carbonyl (C=O) groups is 2. The molecule has 1 atom stereocenters. The Morgan fingerprint density at radius 3 is 2.59 bits per heavy atom. The largest absolute Gasteiger partial charge is 0.452 e. The average molecular weight is 457 g/mol. The SMILES string of the molecule is CC1Cc2ccccc2N1S(=O)(=O)c1cccc(C(=O)OCC(=O)NC2CCCCC2)c1. The number of fused-ring (bicyclic) bond motifs is 1. The van der Waals surface area contributed by atoms with Crippen LogP contribution in [0.15, 0.2) is 53.4 Å². The average Bonchev–Trinajstić information content (AvgIpc) is 3.14. The zero-order chi connectivity index (χ0) is 22.7. The van der Waals surface area contributed by atoms with E-state index in [2.05, 4.69) is 5.32 Å². The molecule has 1 N–H and O–H groups in total. The Morgan fingerprint density at radius 2 is 1.81 bits per heavy atom. The van der Waals surface area contributed by atoms with Crippen molar-refractivity contribution in [2.75, 3.05) is 10.9 Å². The number of nitrogens with one attached hydrogen (secondary N) is 1. The smallest absolute Gasteiger partial charge is 0.338 e. The summed E-state index contributed by atoms with van der Waals surface area (Å²) in [5.74, 6) is -1.06. The molecule has 7 nitrogen and oxygen atoms in total. The van der Waals surface area contributed by atoms with E-state index in [1.807, 2.05) is 25.1 Å². The van der Waals surface area contributed by atoms with Gasteiger partial charge in [0.05, 0.1) is 16.1 Å². The lowest BCUT2D eigenvalue weighted by molar-refractivity contribution is -0.125. The number of carbonyl (C=O) groups excluding carboxylic acids is 2. The molecule has 1 aliphatic carbocycles. The van der Waals surface area contributed by atoms with Crippen molar-refractivity contribution in [3.05, 3.63) is 59.7 Å². The highest BCUT2D eigenvalue weighted by Crippen LogP contribution is 2.36. The summed E-state index contributed by atoms with van der Waals surface area (Å²) in [6, 6.07) is 13.1. The van der Waals surface area contributed by atoms with Crippen LogP contribution in [0.2, 0.25) is 0 Å². The number of nitrogens with zero attached hydrogens (tertiary/aromatic N) is 1. The summed E-state index contributed by atoms with van der Waals surface area (Å²) in [5.41, 5.74) is 1.73. The van der Waals surface area contributed by atoms with Crippen molar-refractivity contribution in [3.8, 4) is 0 Å². The lowest BCUT2D eigenvalue weighted by Crippen LogP contribution is -2.38. The Kier molecular flexibility index (Phi) is 6.50. The van der Waals surface area contributed by atoms with E-state index in [9.17, 15) is 18.0 Å². The van der Waals surface area contributed by atoms with Crippen LogP contribution < -0.4 is 9.62 Å². The van der Waals surface area contributed by atoms with Gasteiger partial charge < -0.3 is 10.1 Å². The van der Waals surface area contributed by atoms with E-state index in [1.54, 1.807) is 6.07 Å². The lowest BCUT2D eigenvalue weighted by atomic mass is 9.95. The quantitative estimate of drug-likeness (QED) is 0.673. The maximum atomic E-state index is 13.4. The third-order valence-corrected chi connectivity index (χ3v) is 8.00. The van der Waals surface area contributed by atoms with E-state index in [0.29, 0.717) is 12.1 Å². The molecule has 1 fully saturated rings. The second-order valence-electron chi connectivity index (χ2n) is 8.49. The van der Waals surface area contributed by atoms with Crippen molar-refractivity contribution in [2.45, 2.75) is 62.4 Å². The van der Waals surface area contributed by atoms with Gasteiger partial charge in [0.1, 0.15) is 0 Å². The molecule has 2 aliphatic rings. The van der Waals surface area contributed by atoms with Gasteiger partial charge in [-0.25, -0.2) is 13.2 Å². The number of anilines is 1. The molecule has 1 heterocycles. The summed E-state index contributed by atoms with van der Waals surface area (Å²) in [5, 5.41) is 2.89. The fraction of sp³-hybridized carbons (Fsp3) is 0.417. The zero-order valence-electron chi connectivity index (χ0n) is 18.1. The van der Waals surface area contributed by atoms with Crippen molar-refractivity contribution < 1.29 is 22.7 Å². The highest BCUT2D eigenvalue weighted by Gasteiger charge is 2.36. The zero-order valence-corrected chi connectivity index (χ0v) is 18.9. The van der Waals surface area contributed by atoms with Crippen molar-refractivity contribution in [1.82, 2.24) is 5.32 Å². The van der Waals surface area contributed by atoms with Gasteiger partial charge >= 0.3 is 5.97 Å². The van der Waals surface area contributed by atoms with Gasteiger partial charge in [-0.1, -0.05) is 43.5 Å². The van der Waals surface area contributed by atoms with E-state index in [1.165, 1.54) is 35.0 Å². The highest BCUT2D eigenvalue weighted by molar-refractivity contribution is 7.92. The van der Waals surface area contributed by atoms with Crippen LogP contribution in [-0.4, -0.2) is 39.0 Å². The first-order chi connectivity index (χ1) is 15.4. The molecule has 0 spiro atoms. The van der Waals surface area contributed by atoms with Crippen LogP contribution in [0, 0.1) is 0 Å². The summed E-state index contributed by atoms with van der Waals surface area (Å²) in [4.78, 5) is 24.6. The minimum absolute atomic E-state index is 0.0159. The van der Waals surface area contributed by atoms with Gasteiger partial charge in [0.15, 0.2) is 6.61 Å². The van der Waals surface area contributed by atoms with E-state index in [-0.39, 0.29) is 35.1 Å². The Morgan fingerprint density at radius 1 is 1.06 bits per heavy atom. The van der Waals surface area contributed by atoms with Crippen LogP contribution in [0.1, 0.15) is 54.9 Å². The Balaban J connectivity index is 1.45. The maximum absolute atomic E-state index is 13.4. The number of rotatable bonds is 6. The number of hydrogen-bond donors (Lipinski definition) is 1. The highest BCUT2D eigenvalue weighted by atomic mass is 32.2. The molecule has 8 heteroatoms. The van der Waals surface area contributed by atoms with Crippen LogP contribution >= 0.6 is 0 Å². The topological polar surface area (TPSA) is 92.8 Å². The molecule has 1 saturated carbocycles. The minimum Gasteiger partial charge on any atom is -0.452 e. The molecular weight excluding hydrogens is 428 g/mol. The standard InChI is InChI=1S/C24H28N2O5S/c1-17-14-18-8-5-6-13-22(18)26(17)32(29,30)21-12-7-9-19(15-21)24(28)31-16-23(27)25-20-10-3-2-4-11-20/h5-9,12-13,15,17,20H,2-4,10-11,14,16H2,1H3,(H,25,27). The predicted octanol–water partition coefficient (Wildman–Crippen LogP) is 3.43. The first-order valence-electron chi connectivity index (χ1n) is 11.0. The van der Waals surface area contributed by atoms with Gasteiger partial charge in [-0.15, -0.1) is 0 Å². The summed E-state index contributed by atoms with van der Waals surface area (Å²) >= 11 is 0. The van der Waals surface area contributed by atoms with Gasteiger partial charge in [0.25, 0.3) is 15.9 Å². The lowest BCUT2D eigenvalue weighted by Gasteiger charge is -2.24. The molecule has 4 rings (SSSR count). The van der Waals surface area contributed by atoms with Crippen molar-refractivity contribution in [1.29, 1.82) is 0 Å². The number of ether oxygens (including phenoxy) is 1. The van der Waals surface area contributed by atoms with Crippen molar-refractivity contribution >= 4 is 27.6 Å². The molecule has 170 valence electrons. The molecule has 1 aliphatic heterocycles. The monoisotopic (exact) mass is 456 g/mol. The van der Waals surface area contributed by atoms with Crippen LogP contribution in [0.5, 0.6) is 0 Å². The fourth-order valence-electron chi connectivity index (χ4n) is 4.53. The number of benzene rings is 2. The molecule has 0 radical (unpaired) electrons. The molecule has 2 aromatic rings. The molecule has 0 bridgehead atoms. The number of esters is 1. The van der Waals surface area contributed by atoms with Crippen molar-refractivity contribution in [3.63, 3.8) is 0 Å². The van der Waals surface area contributed by atoms with Crippen molar-refractivity contribution in [2.24, 2.45) is 0 Å². The second-order valence-corrected chi connectivity index (χ2v) is 10.3. The molecule has 2 aromatic carbocycles. The van der Waals surface area contributed by atoms with Crippen LogP contribution in [0.3, 0.4) is 0 Å². The first-order valence-corrected chi connectivity index (χ1v) is 12.5. The van der Waals surface area contributed by atoms with E-state index >= 15 is 0 Å². The Bertz CT molecular complexity index is 1110. The summed E-state index contributed by atoms with van der Waals surface area (Å²) in [6.45, 7) is 1.48. The molecule has 0 aromatic heterocycles. The van der Waals surface area contributed by atoms with E-state index in [0.717, 1.165) is 31.2 Å². The number of hydrogen-bond acceptors (Lipinski definition) is 5. The van der Waals surface area contributed by atoms with Gasteiger partial charge in [0.2, 0.25) is 0 Å². The van der Waals surface area contributed by atoms with Gasteiger partial charge in [0, 0.05) is 12.1 Å². The number of sulfonamides is 1. The maximum Gasteiger partial charge on any atom is 0.338 e. The summed E-state index contributed by atoms with van der Waals surface area (Å²) in [6.07, 6.45) is 5.88. The summed E-state index contributed by atoms with van der Waals surface area (Å²) < 4.78 is 33.3. The molecule has 1 amide bonds. The summed E-state index contributed by atoms with van der Waals surface area (Å²) in [7, 11) is -3.86. The Labute approximate surface area is 188 Å². The second kappa shape index (κ2) is 9.32. The van der Waals surface area contributed by atoms with Gasteiger partial charge in [-0.2, -0.15) is 0 Å². The van der Waals surface area contributed by atoms with Gasteiger partial charge in [-0.05, 0) is 56.0 Å². The van der Waals surface area contributed by atoms with Crippen LogP contribution in [-0.2, 0) is 26.0 Å². The third kappa shape index (κ3) is 4.65. The number of para-hydroxylation sites is 1. The Hall–Kier alpha value is -2.87. The third-order valence-electron chi connectivity index (χ3n) is 6.08. The first kappa shape index (κ1) is 22.3. The van der Waals surface area contributed by atoms with Gasteiger partial charge in [-0.3, -0.25) is 9.10 Å². The molecule has 0 saturated heterocycles. The number of amides is 1.